The van der Waals surface area contributed by atoms with Gasteiger partial charge in [-0.25, -0.2) is 4.39 Å². The van der Waals surface area contributed by atoms with Crippen molar-refractivity contribution < 1.29 is 13.9 Å². The quantitative estimate of drug-likeness (QED) is 0.721. The summed E-state index contributed by atoms with van der Waals surface area (Å²) in [5.41, 5.74) is 2.24. The maximum absolute atomic E-state index is 13.2. The monoisotopic (exact) mass is 413 g/mol. The number of methoxy groups -OCH3 is 2. The second kappa shape index (κ2) is 9.67. The van der Waals surface area contributed by atoms with Crippen LogP contribution in [0.15, 0.2) is 42.5 Å². The molecule has 162 valence electrons. The molecule has 0 spiro atoms. The van der Waals surface area contributed by atoms with Gasteiger partial charge in [0.25, 0.3) is 0 Å². The third-order valence-corrected chi connectivity index (χ3v) is 6.41. The Morgan fingerprint density at radius 1 is 0.900 bits per heavy atom. The summed E-state index contributed by atoms with van der Waals surface area (Å²) >= 11 is 0. The number of ether oxygens (including phenoxy) is 2. The van der Waals surface area contributed by atoms with E-state index in [2.05, 4.69) is 14.7 Å². The van der Waals surface area contributed by atoms with Crippen LogP contribution in [0, 0.1) is 5.82 Å². The largest absolute Gasteiger partial charge is 0.496 e. The summed E-state index contributed by atoms with van der Waals surface area (Å²) in [7, 11) is 3.44. The summed E-state index contributed by atoms with van der Waals surface area (Å²) in [6.45, 7) is 7.09. The molecule has 0 aromatic heterocycles. The summed E-state index contributed by atoms with van der Waals surface area (Å²) in [5.74, 6) is 1.61. The van der Waals surface area contributed by atoms with Crippen molar-refractivity contribution in [1.82, 2.24) is 9.80 Å². The van der Waals surface area contributed by atoms with Gasteiger partial charge in [0.2, 0.25) is 0 Å². The first-order valence-electron chi connectivity index (χ1n) is 10.8. The van der Waals surface area contributed by atoms with E-state index in [0.29, 0.717) is 6.04 Å². The molecule has 6 heteroatoms. The highest BCUT2D eigenvalue weighted by molar-refractivity contribution is 5.47. The number of nitrogens with zero attached hydrogens (tertiary/aromatic N) is 3. The lowest BCUT2D eigenvalue weighted by Gasteiger charge is -2.44. The van der Waals surface area contributed by atoms with Gasteiger partial charge < -0.3 is 14.4 Å². The van der Waals surface area contributed by atoms with Gasteiger partial charge in [0, 0.05) is 51.0 Å². The van der Waals surface area contributed by atoms with E-state index in [1.807, 2.05) is 30.3 Å². The molecule has 5 nitrogen and oxygen atoms in total. The second-order valence-corrected chi connectivity index (χ2v) is 8.17. The van der Waals surface area contributed by atoms with E-state index < -0.39 is 0 Å². The number of benzene rings is 2. The summed E-state index contributed by atoms with van der Waals surface area (Å²) in [4.78, 5) is 7.52. The van der Waals surface area contributed by atoms with E-state index in [0.717, 1.165) is 68.6 Å². The smallest absolute Gasteiger partial charge is 0.127 e. The predicted molar refractivity (Wildman–Crippen MR) is 118 cm³/mol. The molecule has 30 heavy (non-hydrogen) atoms. The highest BCUT2D eigenvalue weighted by Crippen LogP contribution is 2.31. The Labute approximate surface area is 179 Å². The summed E-state index contributed by atoms with van der Waals surface area (Å²) in [5, 5.41) is 0. The third-order valence-electron chi connectivity index (χ3n) is 6.41. The van der Waals surface area contributed by atoms with Gasteiger partial charge in [0.15, 0.2) is 0 Å². The Bertz CT molecular complexity index is 799. The van der Waals surface area contributed by atoms with Crippen LogP contribution in [0.4, 0.5) is 10.1 Å². The number of hydrogen-bond acceptors (Lipinski definition) is 5. The molecule has 0 aliphatic carbocycles. The van der Waals surface area contributed by atoms with Gasteiger partial charge in [-0.2, -0.15) is 0 Å². The number of piperidine rings is 1. The molecule has 0 saturated carbocycles. The predicted octanol–water partition coefficient (Wildman–Crippen LogP) is 3.63. The van der Waals surface area contributed by atoms with Crippen LogP contribution in [0.2, 0.25) is 0 Å². The van der Waals surface area contributed by atoms with Crippen LogP contribution in [0.1, 0.15) is 18.4 Å². The lowest BCUT2D eigenvalue weighted by Crippen LogP contribution is -2.55. The molecule has 2 aliphatic heterocycles. The summed E-state index contributed by atoms with van der Waals surface area (Å²) < 4.78 is 24.4. The van der Waals surface area contributed by atoms with Gasteiger partial charge in [-0.3, -0.25) is 9.80 Å². The molecule has 2 fully saturated rings. The van der Waals surface area contributed by atoms with Crippen molar-refractivity contribution in [2.75, 3.05) is 58.4 Å². The Balaban J connectivity index is 1.35. The van der Waals surface area contributed by atoms with E-state index in [1.54, 1.807) is 26.4 Å². The van der Waals surface area contributed by atoms with Gasteiger partial charge in [0.05, 0.1) is 19.8 Å². The highest BCUT2D eigenvalue weighted by atomic mass is 19.1. The minimum Gasteiger partial charge on any atom is -0.496 e. The zero-order valence-corrected chi connectivity index (χ0v) is 18.0. The van der Waals surface area contributed by atoms with Crippen LogP contribution in [-0.2, 0) is 6.54 Å². The molecule has 0 amide bonds. The zero-order chi connectivity index (χ0) is 20.9. The van der Waals surface area contributed by atoms with E-state index in [4.69, 9.17) is 9.47 Å². The topological polar surface area (TPSA) is 28.2 Å². The Morgan fingerprint density at radius 3 is 2.20 bits per heavy atom. The van der Waals surface area contributed by atoms with Crippen LogP contribution in [0.5, 0.6) is 11.5 Å². The van der Waals surface area contributed by atoms with Gasteiger partial charge in [-0.15, -0.1) is 0 Å². The molecular weight excluding hydrogens is 381 g/mol. The maximum Gasteiger partial charge on any atom is 0.127 e. The molecule has 1 atom stereocenters. The van der Waals surface area contributed by atoms with Gasteiger partial charge in [0.1, 0.15) is 17.3 Å². The molecule has 2 heterocycles. The Hall–Kier alpha value is -2.31. The fraction of sp³-hybridized carbons (Fsp3) is 0.500. The molecule has 0 N–H and O–H groups in total. The van der Waals surface area contributed by atoms with Gasteiger partial charge >= 0.3 is 0 Å². The molecule has 2 aromatic carbocycles. The number of likely N-dealkylation sites (tertiary alicyclic amines) is 1. The molecule has 0 radical (unpaired) electrons. The molecule has 0 unspecified atom stereocenters. The summed E-state index contributed by atoms with van der Waals surface area (Å²) in [6, 6.07) is 13.4. The van der Waals surface area contributed by atoms with Crippen molar-refractivity contribution >= 4 is 5.69 Å². The fourth-order valence-electron chi connectivity index (χ4n) is 4.78. The number of rotatable bonds is 6. The molecule has 4 rings (SSSR count). The number of halogens is 1. The molecule has 0 bridgehead atoms. The molecule has 2 aliphatic rings. The van der Waals surface area contributed by atoms with Crippen molar-refractivity contribution in [3.63, 3.8) is 0 Å². The van der Waals surface area contributed by atoms with E-state index in [1.165, 1.54) is 12.8 Å². The summed E-state index contributed by atoms with van der Waals surface area (Å²) in [6.07, 6.45) is 2.45. The van der Waals surface area contributed by atoms with Crippen LogP contribution in [0.25, 0.3) is 0 Å². The fourth-order valence-corrected chi connectivity index (χ4v) is 4.78. The first kappa shape index (κ1) is 20.9. The van der Waals surface area contributed by atoms with Crippen LogP contribution in [0.3, 0.4) is 0 Å². The Morgan fingerprint density at radius 2 is 1.57 bits per heavy atom. The van der Waals surface area contributed by atoms with E-state index in [9.17, 15) is 4.39 Å². The average Bonchev–Trinajstić information content (AvgIpc) is 2.80. The van der Waals surface area contributed by atoms with Crippen LogP contribution < -0.4 is 14.4 Å². The standard InChI is InChI=1S/C24H32FN3O2/c1-29-23-6-3-7-24(30-2)22(23)18-26-12-4-5-21(17-26)28-15-13-27(14-16-28)20-10-8-19(25)9-11-20/h3,6-11,21H,4-5,12-18H2,1-2H3/t21-/m1/s1. The van der Waals surface area contributed by atoms with E-state index in [-0.39, 0.29) is 5.82 Å². The lowest BCUT2D eigenvalue weighted by molar-refractivity contribution is 0.0878. The average molecular weight is 414 g/mol. The number of hydrogen-bond donors (Lipinski definition) is 0. The minimum atomic E-state index is -0.175. The van der Waals surface area contributed by atoms with Crippen molar-refractivity contribution in [2.45, 2.75) is 25.4 Å². The minimum absolute atomic E-state index is 0.175. The van der Waals surface area contributed by atoms with Crippen molar-refractivity contribution in [3.05, 3.63) is 53.8 Å². The number of anilines is 1. The highest BCUT2D eigenvalue weighted by Gasteiger charge is 2.29. The van der Waals surface area contributed by atoms with Crippen molar-refractivity contribution in [3.8, 4) is 11.5 Å². The SMILES string of the molecule is COc1cccc(OC)c1CN1CCC[C@@H](N2CCN(c3ccc(F)cc3)CC2)C1. The van der Waals surface area contributed by atoms with Crippen molar-refractivity contribution in [2.24, 2.45) is 0 Å². The zero-order valence-electron chi connectivity index (χ0n) is 18.0. The first-order chi connectivity index (χ1) is 14.7. The second-order valence-electron chi connectivity index (χ2n) is 8.17. The maximum atomic E-state index is 13.2. The van der Waals surface area contributed by atoms with Crippen LogP contribution >= 0.6 is 0 Å². The normalized spacial score (nSPS) is 20.9. The van der Waals surface area contributed by atoms with Crippen molar-refractivity contribution in [1.29, 1.82) is 0 Å². The molecule has 2 saturated heterocycles. The van der Waals surface area contributed by atoms with Gasteiger partial charge in [-0.1, -0.05) is 6.07 Å². The first-order valence-corrected chi connectivity index (χ1v) is 10.8. The number of piperazine rings is 1. The molecule has 2 aromatic rings. The van der Waals surface area contributed by atoms with E-state index >= 15 is 0 Å². The molecular formula is C24H32FN3O2. The Kier molecular flexibility index (Phi) is 6.75. The van der Waals surface area contributed by atoms with Gasteiger partial charge in [-0.05, 0) is 55.8 Å². The third kappa shape index (κ3) is 4.71. The lowest BCUT2D eigenvalue weighted by atomic mass is 10.0. The van der Waals surface area contributed by atoms with Crippen LogP contribution in [-0.4, -0.2) is 69.3 Å².